The van der Waals surface area contributed by atoms with Gasteiger partial charge in [-0.2, -0.15) is 48.6 Å². The van der Waals surface area contributed by atoms with Crippen LogP contribution in [0.1, 0.15) is 0 Å². The predicted molar refractivity (Wildman–Crippen MR) is 252 cm³/mol. The maximum atomic E-state index is 12.7. The molecule has 0 aliphatic carbocycles. The largest absolute Gasteiger partial charge is 0.505 e. The summed E-state index contributed by atoms with van der Waals surface area (Å²) in [5, 5.41) is 32.9. The van der Waals surface area contributed by atoms with Gasteiger partial charge in [-0.3, -0.25) is 23.0 Å². The van der Waals surface area contributed by atoms with Crippen molar-refractivity contribution in [3.63, 3.8) is 0 Å². The van der Waals surface area contributed by atoms with Crippen LogP contribution in [-0.2, 0) is 55.1 Å². The Balaban J connectivity index is 1.47. The third-order valence-electron chi connectivity index (χ3n) is 8.89. The van der Waals surface area contributed by atoms with Crippen molar-refractivity contribution >= 4 is 152 Å². The van der Waals surface area contributed by atoms with Crippen LogP contribution in [0, 0.1) is 0 Å². The van der Waals surface area contributed by atoms with E-state index in [1.165, 1.54) is 24.3 Å². The molecule has 1 heterocycles. The molecule has 10 N–H and O–H groups in total. The molecule has 0 aliphatic heterocycles. The Bertz CT molecular complexity index is 3890. The first-order chi connectivity index (χ1) is 32.4. The third kappa shape index (κ3) is 11.9. The van der Waals surface area contributed by atoms with Crippen molar-refractivity contribution in [3.8, 4) is 5.75 Å². The summed E-state index contributed by atoms with van der Waals surface area (Å²) in [6.45, 7) is 6.64. The number of halogens is 2. The number of carbonyl (C=O) groups is 1. The molecule has 0 bridgehead atoms. The van der Waals surface area contributed by atoms with Gasteiger partial charge >= 0.3 is 0 Å². The number of nitrogens with zero attached hydrogens (tertiary/aromatic N) is 7. The maximum absolute atomic E-state index is 12.7. The van der Waals surface area contributed by atoms with E-state index < -0.39 is 126 Å². The van der Waals surface area contributed by atoms with Crippen LogP contribution >= 0.6 is 27.5 Å². The van der Waals surface area contributed by atoms with Crippen molar-refractivity contribution in [2.24, 2.45) is 20.5 Å². The van der Waals surface area contributed by atoms with Gasteiger partial charge in [-0.25, -0.2) is 8.42 Å². The molecular weight excluding hydrogens is 1120 g/mol. The zero-order valence-electron chi connectivity index (χ0n) is 34.2. The van der Waals surface area contributed by atoms with Gasteiger partial charge in [0.2, 0.25) is 17.2 Å². The molecule has 27 nitrogen and oxygen atoms in total. The Kier molecular flexibility index (Phi) is 14.6. The van der Waals surface area contributed by atoms with Crippen molar-refractivity contribution in [1.29, 1.82) is 0 Å². The van der Waals surface area contributed by atoms with E-state index in [0.29, 0.717) is 17.8 Å². The fourth-order valence-corrected chi connectivity index (χ4v) is 9.34. The SMILES string of the molecule is C=CS(=O)(=O)c1ccc(Nc2nc(Cl)nc(Nc3ccc(S(=O)(=O)O)c(N=Nc4c(S(=O)(=O)O)cc5cc(S(=O)(=O)O)c(N=Nc6cc(NC(=O)C(=C)Br)ccc6S(=O)(=O)O)c(N)c5c4O)c3)n2)cc1. The van der Waals surface area contributed by atoms with Gasteiger partial charge in [0.15, 0.2) is 15.6 Å². The molecule has 0 fully saturated rings. The van der Waals surface area contributed by atoms with Gasteiger partial charge in [0, 0.05) is 22.5 Å². The molecule has 0 aliphatic rings. The number of benzene rings is 5. The molecule has 34 heteroatoms. The van der Waals surface area contributed by atoms with Gasteiger partial charge in [-0.15, -0.1) is 20.5 Å². The average molecular weight is 1150 g/mol. The fraction of sp³-hybridized carbons (Fsp3) is 0. The van der Waals surface area contributed by atoms with E-state index >= 15 is 0 Å². The number of azo groups is 2. The zero-order chi connectivity index (χ0) is 51.9. The molecule has 70 heavy (non-hydrogen) atoms. The van der Waals surface area contributed by atoms with Crippen LogP contribution in [0.3, 0.4) is 0 Å². The number of hydrogen-bond donors (Lipinski definition) is 9. The molecule has 1 amide bonds. The van der Waals surface area contributed by atoms with E-state index in [4.69, 9.17) is 17.3 Å². The van der Waals surface area contributed by atoms with Crippen molar-refractivity contribution in [3.05, 3.63) is 101 Å². The quantitative estimate of drug-likeness (QED) is 0.0203. The molecule has 0 spiro atoms. The first-order valence-corrected chi connectivity index (χ1v) is 26.6. The average Bonchev–Trinajstić information content (AvgIpc) is 3.24. The van der Waals surface area contributed by atoms with E-state index in [0.717, 1.165) is 41.8 Å². The standard InChI is InChI=1S/C36H27BrClN11O16S5/c1-3-66(52,53)21-8-4-18(5-9-21)41-35-43-34(38)44-36(45-35)42-20-7-11-25(68(57,58)59)23(15-20)47-49-31-27(70(63,64)65)13-17-12-26(69(60,61)62)30(29(39)28(17)32(31)50)48-46-22-14-19(40-33(51)16(2)37)6-10-24(22)67(54,55)56/h3-15,50H,1-2,39H2,(H,40,51)(H,54,55,56)(H,57,58,59)(H,60,61,62)(H,63,64,65)(H2,41,42,43,44,45). The van der Waals surface area contributed by atoms with Crippen LogP contribution in [0.4, 0.5) is 57.4 Å². The minimum atomic E-state index is -5.51. The molecule has 6 rings (SSSR count). The smallest absolute Gasteiger partial charge is 0.296 e. The van der Waals surface area contributed by atoms with Gasteiger partial charge < -0.3 is 26.8 Å². The number of nitrogens with two attached hydrogens (primary N) is 1. The summed E-state index contributed by atoms with van der Waals surface area (Å²) in [5.74, 6) is -2.64. The van der Waals surface area contributed by atoms with Crippen molar-refractivity contribution < 1.29 is 70.2 Å². The number of fused-ring (bicyclic) bond motifs is 1. The molecule has 0 unspecified atom stereocenters. The molecule has 1 aromatic heterocycles. The number of hydrogen-bond acceptors (Lipinski definition) is 22. The minimum absolute atomic E-state index is 0.0612. The van der Waals surface area contributed by atoms with Crippen LogP contribution < -0.4 is 21.7 Å². The van der Waals surface area contributed by atoms with Crippen LogP contribution in [-0.4, -0.2) is 86.3 Å². The van der Waals surface area contributed by atoms with Gasteiger partial charge in [0.1, 0.15) is 42.3 Å². The first-order valence-electron chi connectivity index (χ1n) is 18.1. The number of anilines is 6. The summed E-state index contributed by atoms with van der Waals surface area (Å²) < 4.78 is 164. The number of rotatable bonds is 16. The van der Waals surface area contributed by atoms with E-state index in [1.807, 2.05) is 0 Å². The second-order valence-corrected chi connectivity index (χ2v) is 22.3. The summed E-state index contributed by atoms with van der Waals surface area (Å²) in [4.78, 5) is 19.6. The third-order valence-corrected chi connectivity index (χ3v) is 14.3. The number of aromatic hydroxyl groups is 1. The number of sulfone groups is 1. The number of aromatic nitrogens is 3. The fourth-order valence-electron chi connectivity index (χ4n) is 5.84. The van der Waals surface area contributed by atoms with Crippen LogP contribution in [0.25, 0.3) is 10.8 Å². The maximum Gasteiger partial charge on any atom is 0.296 e. The number of amides is 1. The summed E-state index contributed by atoms with van der Waals surface area (Å²) in [5.41, 5.74) is 1.47. The van der Waals surface area contributed by atoms with Crippen molar-refractivity contribution in [2.75, 3.05) is 21.7 Å². The highest BCUT2D eigenvalue weighted by molar-refractivity contribution is 9.12. The lowest BCUT2D eigenvalue weighted by Crippen LogP contribution is -2.10. The minimum Gasteiger partial charge on any atom is -0.505 e. The molecule has 6 aromatic rings. The molecule has 0 radical (unpaired) electrons. The lowest BCUT2D eigenvalue weighted by atomic mass is 10.1. The summed E-state index contributed by atoms with van der Waals surface area (Å²) in [7, 11) is -25.0. The molecule has 0 atom stereocenters. The second-order valence-electron chi connectivity index (χ2n) is 13.6. The van der Waals surface area contributed by atoms with Gasteiger partial charge in [0.05, 0.1) is 20.5 Å². The molecule has 0 saturated carbocycles. The highest BCUT2D eigenvalue weighted by Crippen LogP contribution is 2.49. The van der Waals surface area contributed by atoms with Crippen LogP contribution in [0.2, 0.25) is 5.28 Å². The van der Waals surface area contributed by atoms with E-state index in [2.05, 4.69) is 80.4 Å². The Morgan fingerprint density at radius 2 is 1.09 bits per heavy atom. The first kappa shape index (κ1) is 52.5. The van der Waals surface area contributed by atoms with Crippen molar-refractivity contribution in [1.82, 2.24) is 15.0 Å². The number of nitrogens with one attached hydrogen (secondary N) is 3. The van der Waals surface area contributed by atoms with E-state index in [9.17, 15) is 70.2 Å². The van der Waals surface area contributed by atoms with E-state index in [1.54, 1.807) is 0 Å². The van der Waals surface area contributed by atoms with Crippen molar-refractivity contribution in [2.45, 2.75) is 24.5 Å². The monoisotopic (exact) mass is 1140 g/mol. The molecule has 5 aromatic carbocycles. The topological polar surface area (TPSA) is 439 Å². The molecule has 366 valence electrons. The Hall–Kier alpha value is -6.92. The van der Waals surface area contributed by atoms with E-state index in [-0.39, 0.29) is 32.6 Å². The van der Waals surface area contributed by atoms with Crippen LogP contribution in [0.15, 0.2) is 141 Å². The summed E-state index contributed by atoms with van der Waals surface area (Å²) in [6.07, 6.45) is 0. The summed E-state index contributed by atoms with van der Waals surface area (Å²) >= 11 is 8.94. The molecular formula is C36H27BrClN11O16S5. The Labute approximate surface area is 408 Å². The lowest BCUT2D eigenvalue weighted by Gasteiger charge is -2.14. The van der Waals surface area contributed by atoms with Crippen LogP contribution in [0.5, 0.6) is 5.75 Å². The Morgan fingerprint density at radius 1 is 0.643 bits per heavy atom. The van der Waals surface area contributed by atoms with Gasteiger partial charge in [0.25, 0.3) is 46.4 Å². The zero-order valence-corrected chi connectivity index (χ0v) is 40.6. The second kappa shape index (κ2) is 19.5. The number of carbonyl (C=O) groups excluding carboxylic acids is 1. The summed E-state index contributed by atoms with van der Waals surface area (Å²) in [6, 6.07) is 11.7. The highest BCUT2D eigenvalue weighted by Gasteiger charge is 2.29. The number of phenols is 1. The normalized spacial score (nSPS) is 12.6. The predicted octanol–water partition coefficient (Wildman–Crippen LogP) is 7.04. The Morgan fingerprint density at radius 3 is 1.57 bits per heavy atom. The number of phenolic OH excluding ortho intramolecular Hbond substituents is 1. The van der Waals surface area contributed by atoms with Gasteiger partial charge in [-0.05, 0) is 106 Å². The number of nitrogen functional groups attached to an aromatic ring is 1. The lowest BCUT2D eigenvalue weighted by molar-refractivity contribution is -0.112. The highest BCUT2D eigenvalue weighted by atomic mass is 79.9. The van der Waals surface area contributed by atoms with Gasteiger partial charge in [-0.1, -0.05) is 13.2 Å². The molecule has 0 saturated heterocycles.